The largest absolute Gasteiger partial charge is 0.493 e. The molecule has 110 valence electrons. The van der Waals surface area contributed by atoms with E-state index in [1.165, 1.54) is 6.07 Å². The van der Waals surface area contributed by atoms with Gasteiger partial charge in [0.05, 0.1) is 23.5 Å². The first-order valence-corrected chi connectivity index (χ1v) is 6.43. The molecule has 0 saturated carbocycles. The molecule has 6 heteroatoms. The number of fused-ring (bicyclic) bond motifs is 1. The van der Waals surface area contributed by atoms with E-state index in [2.05, 4.69) is 5.32 Å². The summed E-state index contributed by atoms with van der Waals surface area (Å²) in [6, 6.07) is 8.67. The van der Waals surface area contributed by atoms with Gasteiger partial charge in [-0.25, -0.2) is 0 Å². The van der Waals surface area contributed by atoms with Crippen LogP contribution in [0.1, 0.15) is 11.1 Å². The number of nitrogen functional groups attached to an aromatic ring is 1. The van der Waals surface area contributed by atoms with Crippen molar-refractivity contribution in [2.75, 3.05) is 17.7 Å². The maximum atomic E-state index is 12.8. The van der Waals surface area contributed by atoms with E-state index < -0.39 is 11.7 Å². The molecule has 0 atom stereocenters. The van der Waals surface area contributed by atoms with Crippen LogP contribution in [-0.4, -0.2) is 6.61 Å². The molecule has 0 spiro atoms. The Bertz CT molecular complexity index is 683. The van der Waals surface area contributed by atoms with Gasteiger partial charge in [-0.05, 0) is 30.3 Å². The lowest BCUT2D eigenvalue weighted by molar-refractivity contribution is -0.137. The third kappa shape index (κ3) is 2.61. The number of rotatable bonds is 2. The normalized spacial score (nSPS) is 13.7. The van der Waals surface area contributed by atoms with Gasteiger partial charge >= 0.3 is 6.18 Å². The van der Waals surface area contributed by atoms with E-state index in [1.807, 2.05) is 6.07 Å². The quantitative estimate of drug-likeness (QED) is 0.824. The second-order valence-corrected chi connectivity index (χ2v) is 4.81. The van der Waals surface area contributed by atoms with Crippen molar-refractivity contribution in [2.45, 2.75) is 12.6 Å². The van der Waals surface area contributed by atoms with Gasteiger partial charge in [-0.2, -0.15) is 13.2 Å². The minimum Gasteiger partial charge on any atom is -0.493 e. The van der Waals surface area contributed by atoms with Gasteiger partial charge in [0.1, 0.15) is 5.75 Å². The van der Waals surface area contributed by atoms with Gasteiger partial charge in [-0.15, -0.1) is 0 Å². The molecule has 0 bridgehead atoms. The van der Waals surface area contributed by atoms with Crippen LogP contribution in [-0.2, 0) is 12.6 Å². The molecular formula is C15H13F3N2O. The van der Waals surface area contributed by atoms with E-state index in [0.29, 0.717) is 6.61 Å². The van der Waals surface area contributed by atoms with E-state index in [9.17, 15) is 13.2 Å². The minimum absolute atomic E-state index is 0.241. The number of halogens is 3. The fourth-order valence-corrected chi connectivity index (χ4v) is 2.32. The van der Waals surface area contributed by atoms with Crippen LogP contribution < -0.4 is 15.8 Å². The van der Waals surface area contributed by atoms with Crippen molar-refractivity contribution >= 4 is 17.1 Å². The van der Waals surface area contributed by atoms with Gasteiger partial charge in [-0.1, -0.05) is 6.07 Å². The molecule has 2 aromatic carbocycles. The number of hydrogen-bond donors (Lipinski definition) is 2. The lowest BCUT2D eigenvalue weighted by atomic mass is 10.1. The zero-order valence-electron chi connectivity index (χ0n) is 11.0. The summed E-state index contributed by atoms with van der Waals surface area (Å²) in [7, 11) is 0. The third-order valence-electron chi connectivity index (χ3n) is 3.39. The average Bonchev–Trinajstić information content (AvgIpc) is 2.89. The summed E-state index contributed by atoms with van der Waals surface area (Å²) < 4.78 is 43.7. The molecule has 3 rings (SSSR count). The van der Waals surface area contributed by atoms with Crippen molar-refractivity contribution in [3.05, 3.63) is 47.5 Å². The maximum absolute atomic E-state index is 12.8. The van der Waals surface area contributed by atoms with E-state index in [1.54, 1.807) is 12.1 Å². The van der Waals surface area contributed by atoms with Gasteiger partial charge in [0.15, 0.2) is 0 Å². The van der Waals surface area contributed by atoms with Crippen molar-refractivity contribution in [1.82, 2.24) is 0 Å². The minimum atomic E-state index is -4.40. The fourth-order valence-electron chi connectivity index (χ4n) is 2.32. The molecule has 1 aliphatic rings. The summed E-state index contributed by atoms with van der Waals surface area (Å²) in [5.74, 6) is 0.755. The summed E-state index contributed by atoms with van der Waals surface area (Å²) in [5, 5.41) is 2.98. The predicted molar refractivity (Wildman–Crippen MR) is 74.8 cm³/mol. The standard InChI is InChI=1S/C15H13F3N2O/c16-15(17,18)9-4-5-11(19)13(8-9)20-12-2-1-3-14-10(12)6-7-21-14/h1-5,8,20H,6-7,19H2. The molecule has 0 aromatic heterocycles. The van der Waals surface area contributed by atoms with Gasteiger partial charge in [0, 0.05) is 17.7 Å². The Morgan fingerprint density at radius 1 is 1.10 bits per heavy atom. The first kappa shape index (κ1) is 13.6. The van der Waals surface area contributed by atoms with Crippen LogP contribution in [0.5, 0.6) is 5.75 Å². The van der Waals surface area contributed by atoms with Crippen molar-refractivity contribution in [2.24, 2.45) is 0 Å². The highest BCUT2D eigenvalue weighted by Crippen LogP contribution is 2.37. The molecule has 2 aromatic rings. The van der Waals surface area contributed by atoms with E-state index in [-0.39, 0.29) is 11.4 Å². The second-order valence-electron chi connectivity index (χ2n) is 4.81. The number of hydrogen-bond acceptors (Lipinski definition) is 3. The van der Waals surface area contributed by atoms with Gasteiger partial charge in [0.25, 0.3) is 0 Å². The fraction of sp³-hybridized carbons (Fsp3) is 0.200. The first-order chi connectivity index (χ1) is 9.95. The van der Waals surface area contributed by atoms with Crippen LogP contribution in [0.4, 0.5) is 30.2 Å². The van der Waals surface area contributed by atoms with E-state index >= 15 is 0 Å². The number of benzene rings is 2. The molecule has 3 nitrogen and oxygen atoms in total. The summed E-state index contributed by atoms with van der Waals surface area (Å²) in [6.07, 6.45) is -3.68. The van der Waals surface area contributed by atoms with Gasteiger partial charge < -0.3 is 15.8 Å². The van der Waals surface area contributed by atoms with E-state index in [4.69, 9.17) is 10.5 Å². The molecule has 1 aliphatic heterocycles. The summed E-state index contributed by atoms with van der Waals surface area (Å²) in [5.41, 5.74) is 7.21. The van der Waals surface area contributed by atoms with Crippen molar-refractivity contribution in [3.8, 4) is 5.75 Å². The number of ether oxygens (including phenoxy) is 1. The second kappa shape index (κ2) is 4.87. The molecule has 21 heavy (non-hydrogen) atoms. The van der Waals surface area contributed by atoms with Gasteiger partial charge in [-0.3, -0.25) is 0 Å². The van der Waals surface area contributed by atoms with Crippen LogP contribution in [0, 0.1) is 0 Å². The Morgan fingerprint density at radius 2 is 1.90 bits per heavy atom. The zero-order valence-corrected chi connectivity index (χ0v) is 11.0. The number of nitrogens with one attached hydrogen (secondary N) is 1. The smallest absolute Gasteiger partial charge is 0.416 e. The number of alkyl halides is 3. The highest BCUT2D eigenvalue weighted by molar-refractivity contribution is 5.76. The van der Waals surface area contributed by atoms with Crippen LogP contribution in [0.15, 0.2) is 36.4 Å². The molecule has 0 amide bonds. The summed E-state index contributed by atoms with van der Waals surface area (Å²) in [4.78, 5) is 0. The molecular weight excluding hydrogens is 281 g/mol. The molecule has 0 unspecified atom stereocenters. The van der Waals surface area contributed by atoms with Crippen LogP contribution >= 0.6 is 0 Å². The summed E-state index contributed by atoms with van der Waals surface area (Å²) >= 11 is 0. The maximum Gasteiger partial charge on any atom is 0.416 e. The van der Waals surface area contributed by atoms with Crippen LogP contribution in [0.2, 0.25) is 0 Å². The molecule has 0 aliphatic carbocycles. The topological polar surface area (TPSA) is 47.3 Å². The lowest BCUT2D eigenvalue weighted by Gasteiger charge is -2.14. The molecule has 0 radical (unpaired) electrons. The van der Waals surface area contributed by atoms with Crippen LogP contribution in [0.3, 0.4) is 0 Å². The highest BCUT2D eigenvalue weighted by atomic mass is 19.4. The number of anilines is 3. The third-order valence-corrected chi connectivity index (χ3v) is 3.39. The van der Waals surface area contributed by atoms with Crippen LogP contribution in [0.25, 0.3) is 0 Å². The average molecular weight is 294 g/mol. The van der Waals surface area contributed by atoms with Crippen molar-refractivity contribution < 1.29 is 17.9 Å². The monoisotopic (exact) mass is 294 g/mol. The Labute approximate surface area is 119 Å². The molecule has 3 N–H and O–H groups in total. The van der Waals surface area contributed by atoms with Crippen molar-refractivity contribution in [1.29, 1.82) is 0 Å². The zero-order chi connectivity index (χ0) is 15.0. The molecule has 1 heterocycles. The van der Waals surface area contributed by atoms with Gasteiger partial charge in [0.2, 0.25) is 0 Å². The first-order valence-electron chi connectivity index (χ1n) is 6.43. The Kier molecular flexibility index (Phi) is 3.16. The SMILES string of the molecule is Nc1ccc(C(F)(F)F)cc1Nc1cccc2c1CCO2. The predicted octanol–water partition coefficient (Wildman–Crippen LogP) is 3.97. The molecule has 0 fully saturated rings. The van der Waals surface area contributed by atoms with E-state index in [0.717, 1.165) is 35.6 Å². The Hall–Kier alpha value is -2.37. The highest BCUT2D eigenvalue weighted by Gasteiger charge is 2.31. The Morgan fingerprint density at radius 3 is 2.67 bits per heavy atom. The van der Waals surface area contributed by atoms with Crippen molar-refractivity contribution in [3.63, 3.8) is 0 Å². The number of nitrogens with two attached hydrogens (primary N) is 1. The summed E-state index contributed by atoms with van der Waals surface area (Å²) in [6.45, 7) is 0.575. The Balaban J connectivity index is 1.97. The molecule has 0 saturated heterocycles. The lowest BCUT2D eigenvalue weighted by Crippen LogP contribution is -2.07.